The van der Waals surface area contributed by atoms with Crippen molar-refractivity contribution in [3.8, 4) is 0 Å². The maximum absolute atomic E-state index is 11.6. The van der Waals surface area contributed by atoms with Crippen LogP contribution >= 0.6 is 15.9 Å². The van der Waals surface area contributed by atoms with E-state index in [4.69, 9.17) is 5.73 Å². The molecule has 1 aromatic rings. The lowest BCUT2D eigenvalue weighted by Gasteiger charge is -2.12. The summed E-state index contributed by atoms with van der Waals surface area (Å²) in [6.07, 6.45) is 0. The molecule has 6 heteroatoms. The van der Waals surface area contributed by atoms with E-state index in [1.807, 2.05) is 6.07 Å². The molecule has 0 saturated carbocycles. The van der Waals surface area contributed by atoms with E-state index in [2.05, 4.69) is 26.6 Å². The van der Waals surface area contributed by atoms with Crippen LogP contribution in [0.15, 0.2) is 28.7 Å². The molecule has 16 heavy (non-hydrogen) atoms. The van der Waals surface area contributed by atoms with Crippen LogP contribution in [0.4, 0.5) is 10.5 Å². The molecule has 0 aromatic heterocycles. The number of amides is 3. The van der Waals surface area contributed by atoms with Gasteiger partial charge in [0.25, 0.3) is 0 Å². The zero-order chi connectivity index (χ0) is 12.1. The summed E-state index contributed by atoms with van der Waals surface area (Å²) in [5.41, 5.74) is 5.56. The number of rotatable bonds is 3. The summed E-state index contributed by atoms with van der Waals surface area (Å²) < 4.78 is 0.862. The molecule has 0 fully saturated rings. The van der Waals surface area contributed by atoms with Crippen molar-refractivity contribution in [2.45, 2.75) is 13.0 Å². The van der Waals surface area contributed by atoms with Gasteiger partial charge in [0, 0.05) is 10.2 Å². The topological polar surface area (TPSA) is 84.2 Å². The minimum Gasteiger partial charge on any atom is -0.352 e. The van der Waals surface area contributed by atoms with E-state index in [1.165, 1.54) is 0 Å². The second-order valence-corrected chi connectivity index (χ2v) is 4.15. The molecule has 0 heterocycles. The molecular formula is C10H12BrN3O2. The van der Waals surface area contributed by atoms with Gasteiger partial charge in [-0.3, -0.25) is 4.79 Å². The molecule has 1 aromatic carbocycles. The average molecular weight is 286 g/mol. The van der Waals surface area contributed by atoms with Crippen molar-refractivity contribution in [2.75, 3.05) is 5.32 Å². The number of urea groups is 1. The highest BCUT2D eigenvalue weighted by Gasteiger charge is 2.13. The van der Waals surface area contributed by atoms with Crippen LogP contribution in [0.25, 0.3) is 0 Å². The van der Waals surface area contributed by atoms with Gasteiger partial charge < -0.3 is 16.4 Å². The van der Waals surface area contributed by atoms with Gasteiger partial charge in [0.2, 0.25) is 5.91 Å². The molecule has 1 atom stereocenters. The molecule has 0 aliphatic heterocycles. The number of carbonyl (C=O) groups excluding carboxylic acids is 2. The Kier molecular flexibility index (Phi) is 4.30. The number of anilines is 1. The minimum absolute atomic E-state index is 0.322. The van der Waals surface area contributed by atoms with E-state index >= 15 is 0 Å². The summed E-state index contributed by atoms with van der Waals surface area (Å²) in [7, 11) is 0. The predicted octanol–water partition coefficient (Wildman–Crippen LogP) is 1.44. The number of primary amides is 1. The highest BCUT2D eigenvalue weighted by atomic mass is 79.9. The Morgan fingerprint density at radius 1 is 1.44 bits per heavy atom. The smallest absolute Gasteiger partial charge is 0.312 e. The summed E-state index contributed by atoms with van der Waals surface area (Å²) in [6, 6.07) is 5.76. The molecule has 0 bridgehead atoms. The summed E-state index contributed by atoms with van der Waals surface area (Å²) in [4.78, 5) is 22.1. The molecular weight excluding hydrogens is 274 g/mol. The first kappa shape index (κ1) is 12.5. The van der Waals surface area contributed by atoms with E-state index in [-0.39, 0.29) is 5.91 Å². The van der Waals surface area contributed by atoms with Gasteiger partial charge in [-0.15, -0.1) is 0 Å². The molecule has 1 rings (SSSR count). The molecule has 0 aliphatic carbocycles. The SMILES string of the molecule is C[C@H](NC(N)=O)C(=O)Nc1cccc(Br)c1. The van der Waals surface area contributed by atoms with Crippen LogP contribution in [0, 0.1) is 0 Å². The maximum atomic E-state index is 11.6. The Labute approximate surface area is 102 Å². The van der Waals surface area contributed by atoms with E-state index in [9.17, 15) is 9.59 Å². The van der Waals surface area contributed by atoms with Gasteiger partial charge in [-0.05, 0) is 25.1 Å². The van der Waals surface area contributed by atoms with Crippen LogP contribution in [0.1, 0.15) is 6.92 Å². The van der Waals surface area contributed by atoms with Crippen molar-refractivity contribution in [1.82, 2.24) is 5.32 Å². The standard InChI is InChI=1S/C10H12BrN3O2/c1-6(13-10(12)16)9(15)14-8-4-2-3-7(11)5-8/h2-6H,1H3,(H,14,15)(H3,12,13,16)/t6-/m0/s1. The fourth-order valence-electron chi connectivity index (χ4n) is 1.10. The number of hydrogen-bond acceptors (Lipinski definition) is 2. The van der Waals surface area contributed by atoms with E-state index in [1.54, 1.807) is 25.1 Å². The summed E-state index contributed by atoms with van der Waals surface area (Å²) in [5, 5.41) is 4.94. The largest absolute Gasteiger partial charge is 0.352 e. The van der Waals surface area contributed by atoms with Crippen molar-refractivity contribution >= 4 is 33.6 Å². The number of halogens is 1. The third-order valence-corrected chi connectivity index (χ3v) is 2.34. The predicted molar refractivity (Wildman–Crippen MR) is 65.0 cm³/mol. The maximum Gasteiger partial charge on any atom is 0.312 e. The molecule has 3 amide bonds. The van der Waals surface area contributed by atoms with Crippen molar-refractivity contribution in [3.05, 3.63) is 28.7 Å². The van der Waals surface area contributed by atoms with Gasteiger partial charge in [-0.25, -0.2) is 4.79 Å². The quantitative estimate of drug-likeness (QED) is 0.785. The lowest BCUT2D eigenvalue weighted by Crippen LogP contribution is -2.44. The molecule has 86 valence electrons. The molecule has 5 nitrogen and oxygen atoms in total. The molecule has 0 radical (unpaired) electrons. The Bertz CT molecular complexity index is 409. The van der Waals surface area contributed by atoms with Gasteiger partial charge in [-0.1, -0.05) is 22.0 Å². The summed E-state index contributed by atoms with van der Waals surface area (Å²) in [6.45, 7) is 1.55. The molecule has 4 N–H and O–H groups in total. The van der Waals surface area contributed by atoms with Crippen molar-refractivity contribution < 1.29 is 9.59 Å². The highest BCUT2D eigenvalue weighted by Crippen LogP contribution is 2.15. The first-order chi connectivity index (χ1) is 7.49. The van der Waals surface area contributed by atoms with E-state index in [0.29, 0.717) is 5.69 Å². The second kappa shape index (κ2) is 5.50. The Morgan fingerprint density at radius 2 is 2.12 bits per heavy atom. The van der Waals surface area contributed by atoms with Crippen LogP contribution in [0.5, 0.6) is 0 Å². The first-order valence-corrected chi connectivity index (χ1v) is 5.40. The van der Waals surface area contributed by atoms with Crippen LogP contribution in [0.2, 0.25) is 0 Å². The monoisotopic (exact) mass is 285 g/mol. The number of hydrogen-bond donors (Lipinski definition) is 3. The van der Waals surface area contributed by atoms with Gasteiger partial charge in [0.05, 0.1) is 0 Å². The third kappa shape index (κ3) is 3.90. The number of benzene rings is 1. The average Bonchev–Trinajstić information content (AvgIpc) is 2.16. The Morgan fingerprint density at radius 3 is 2.69 bits per heavy atom. The number of nitrogens with one attached hydrogen (secondary N) is 2. The Balaban J connectivity index is 2.60. The summed E-state index contributed by atoms with van der Waals surface area (Å²) >= 11 is 3.29. The van der Waals surface area contributed by atoms with Crippen molar-refractivity contribution in [1.29, 1.82) is 0 Å². The third-order valence-electron chi connectivity index (χ3n) is 1.84. The number of carbonyl (C=O) groups is 2. The fourth-order valence-corrected chi connectivity index (χ4v) is 1.49. The van der Waals surface area contributed by atoms with Gasteiger partial charge in [0.15, 0.2) is 0 Å². The molecule has 0 unspecified atom stereocenters. The lowest BCUT2D eigenvalue weighted by atomic mass is 10.2. The van der Waals surface area contributed by atoms with Gasteiger partial charge in [0.1, 0.15) is 6.04 Å². The van der Waals surface area contributed by atoms with Gasteiger partial charge in [-0.2, -0.15) is 0 Å². The normalized spacial score (nSPS) is 11.6. The number of nitrogens with two attached hydrogens (primary N) is 1. The van der Waals surface area contributed by atoms with Crippen LogP contribution in [-0.2, 0) is 4.79 Å². The highest BCUT2D eigenvalue weighted by molar-refractivity contribution is 9.10. The van der Waals surface area contributed by atoms with Crippen LogP contribution in [-0.4, -0.2) is 18.0 Å². The van der Waals surface area contributed by atoms with Gasteiger partial charge >= 0.3 is 6.03 Å². The van der Waals surface area contributed by atoms with Crippen LogP contribution in [0.3, 0.4) is 0 Å². The molecule has 0 saturated heterocycles. The Hall–Kier alpha value is -1.56. The minimum atomic E-state index is -0.725. The van der Waals surface area contributed by atoms with Crippen LogP contribution < -0.4 is 16.4 Å². The fraction of sp³-hybridized carbons (Fsp3) is 0.200. The van der Waals surface area contributed by atoms with E-state index in [0.717, 1.165) is 4.47 Å². The lowest BCUT2D eigenvalue weighted by molar-refractivity contribution is -0.117. The zero-order valence-corrected chi connectivity index (χ0v) is 10.2. The second-order valence-electron chi connectivity index (χ2n) is 3.23. The van der Waals surface area contributed by atoms with E-state index < -0.39 is 12.1 Å². The first-order valence-electron chi connectivity index (χ1n) is 4.61. The molecule has 0 spiro atoms. The molecule has 0 aliphatic rings. The summed E-state index contributed by atoms with van der Waals surface area (Å²) in [5.74, 6) is -0.322. The van der Waals surface area contributed by atoms with Crippen molar-refractivity contribution in [3.63, 3.8) is 0 Å². The zero-order valence-electron chi connectivity index (χ0n) is 8.66. The van der Waals surface area contributed by atoms with Crippen molar-refractivity contribution in [2.24, 2.45) is 5.73 Å².